The van der Waals surface area contributed by atoms with Gasteiger partial charge in [0.1, 0.15) is 0 Å². The van der Waals surface area contributed by atoms with Crippen LogP contribution in [0.3, 0.4) is 0 Å². The maximum Gasteiger partial charge on any atom is 0.252 e. The molecule has 4 nitrogen and oxygen atoms in total. The Labute approximate surface area is 185 Å². The fourth-order valence-corrected chi connectivity index (χ4v) is 5.82. The van der Waals surface area contributed by atoms with Gasteiger partial charge >= 0.3 is 0 Å². The number of H-pyrrole nitrogens is 1. The van der Waals surface area contributed by atoms with E-state index in [9.17, 15) is 4.79 Å². The molecule has 2 aromatic heterocycles. The molecule has 0 aliphatic carbocycles. The van der Waals surface area contributed by atoms with Crippen molar-refractivity contribution in [3.8, 4) is 21.7 Å². The van der Waals surface area contributed by atoms with Crippen LogP contribution in [0.15, 0.2) is 53.9 Å². The van der Waals surface area contributed by atoms with Crippen LogP contribution in [0.1, 0.15) is 40.7 Å². The van der Waals surface area contributed by atoms with Crippen LogP contribution in [0.25, 0.3) is 32.6 Å². The van der Waals surface area contributed by atoms with E-state index >= 15 is 0 Å². The van der Waals surface area contributed by atoms with Crippen LogP contribution in [-0.2, 0) is 13.1 Å². The highest BCUT2D eigenvalue weighted by Gasteiger charge is 2.27. The molecule has 1 fully saturated rings. The third kappa shape index (κ3) is 3.38. The maximum absolute atomic E-state index is 12.7. The quantitative estimate of drug-likeness (QED) is 0.433. The van der Waals surface area contributed by atoms with Crippen molar-refractivity contribution in [2.24, 2.45) is 0 Å². The molecule has 4 aromatic rings. The zero-order chi connectivity index (χ0) is 20.8. The minimum atomic E-state index is 0.0212. The Bertz CT molecular complexity index is 1270. The lowest BCUT2D eigenvalue weighted by Gasteiger charge is -2.26. The third-order valence-electron chi connectivity index (χ3n) is 6.58. The van der Waals surface area contributed by atoms with E-state index in [1.165, 1.54) is 48.2 Å². The molecule has 156 valence electrons. The van der Waals surface area contributed by atoms with Crippen molar-refractivity contribution in [1.29, 1.82) is 0 Å². The second kappa shape index (κ2) is 7.66. The summed E-state index contributed by atoms with van der Waals surface area (Å²) < 4.78 is 0. The predicted molar refractivity (Wildman–Crippen MR) is 127 cm³/mol. The summed E-state index contributed by atoms with van der Waals surface area (Å²) >= 11 is 1.71. The minimum Gasteiger partial charge on any atom is -0.355 e. The van der Waals surface area contributed by atoms with Gasteiger partial charge in [-0.05, 0) is 72.3 Å². The van der Waals surface area contributed by atoms with Crippen molar-refractivity contribution in [3.63, 3.8) is 0 Å². The first-order chi connectivity index (χ1) is 15.3. The summed E-state index contributed by atoms with van der Waals surface area (Å²) in [6.07, 6.45) is 3.98. The number of aromatic amines is 1. The zero-order valence-electron chi connectivity index (χ0n) is 17.4. The molecule has 0 spiro atoms. The average Bonchev–Trinajstić information content (AvgIpc) is 3.54. The summed E-state index contributed by atoms with van der Waals surface area (Å²) in [5, 5.41) is 6.32. The lowest BCUT2D eigenvalue weighted by atomic mass is 9.95. The number of piperidine rings is 1. The van der Waals surface area contributed by atoms with Crippen LogP contribution in [-0.4, -0.2) is 28.9 Å². The second-order valence-corrected chi connectivity index (χ2v) is 9.56. The molecular formula is C26H25N3OS. The average molecular weight is 428 g/mol. The Kier molecular flexibility index (Phi) is 4.66. The van der Waals surface area contributed by atoms with Crippen molar-refractivity contribution < 1.29 is 4.79 Å². The Morgan fingerprint density at radius 3 is 2.68 bits per heavy atom. The number of benzene rings is 2. The van der Waals surface area contributed by atoms with E-state index in [2.05, 4.69) is 69.1 Å². The van der Waals surface area contributed by atoms with Gasteiger partial charge in [-0.1, -0.05) is 30.7 Å². The minimum absolute atomic E-state index is 0.0212. The van der Waals surface area contributed by atoms with Gasteiger partial charge in [-0.3, -0.25) is 9.69 Å². The molecule has 2 aliphatic rings. The first-order valence-corrected chi connectivity index (χ1v) is 12.0. The number of fused-ring (bicyclic) bond motifs is 2. The van der Waals surface area contributed by atoms with Gasteiger partial charge in [-0.2, -0.15) is 0 Å². The van der Waals surface area contributed by atoms with Gasteiger partial charge in [-0.15, -0.1) is 11.3 Å². The smallest absolute Gasteiger partial charge is 0.252 e. The number of carbonyl (C=O) groups excluding carboxylic acids is 1. The van der Waals surface area contributed by atoms with Gasteiger partial charge in [-0.25, -0.2) is 0 Å². The van der Waals surface area contributed by atoms with E-state index in [1.807, 2.05) is 0 Å². The summed E-state index contributed by atoms with van der Waals surface area (Å²) in [5.41, 5.74) is 7.55. The van der Waals surface area contributed by atoms with E-state index in [0.717, 1.165) is 40.0 Å². The Hall–Kier alpha value is -2.89. The largest absolute Gasteiger partial charge is 0.355 e. The summed E-state index contributed by atoms with van der Waals surface area (Å²) in [4.78, 5) is 20.1. The van der Waals surface area contributed by atoms with Gasteiger partial charge in [0, 0.05) is 40.1 Å². The number of rotatable bonds is 4. The summed E-state index contributed by atoms with van der Waals surface area (Å²) in [7, 11) is 0. The molecule has 2 aliphatic heterocycles. The van der Waals surface area contributed by atoms with E-state index in [1.54, 1.807) is 11.3 Å². The molecule has 0 atom stereocenters. The number of carbonyl (C=O) groups is 1. The molecule has 6 rings (SSSR count). The van der Waals surface area contributed by atoms with Gasteiger partial charge in [0.15, 0.2) is 0 Å². The molecular weight excluding hydrogens is 402 g/mol. The normalized spacial score (nSPS) is 16.6. The second-order valence-electron chi connectivity index (χ2n) is 8.62. The number of hydrogen-bond acceptors (Lipinski definition) is 3. The van der Waals surface area contributed by atoms with Crippen LogP contribution < -0.4 is 5.32 Å². The highest BCUT2D eigenvalue weighted by molar-refractivity contribution is 7.13. The Morgan fingerprint density at radius 1 is 0.968 bits per heavy atom. The number of nitrogens with zero attached hydrogens (tertiary/aromatic N) is 1. The van der Waals surface area contributed by atoms with Crippen LogP contribution >= 0.6 is 11.3 Å². The molecule has 5 heteroatoms. The van der Waals surface area contributed by atoms with E-state index in [0.29, 0.717) is 6.54 Å². The fourth-order valence-electron chi connectivity index (χ4n) is 5.04. The van der Waals surface area contributed by atoms with Crippen LogP contribution in [0, 0.1) is 0 Å². The molecule has 2 N–H and O–H groups in total. The SMILES string of the molecule is O=C1NCc2c(-c3cccs3)ccc(-c3cc4cc(CN5CCCCC5)ccc4[nH]3)c21. The van der Waals surface area contributed by atoms with E-state index < -0.39 is 0 Å². The summed E-state index contributed by atoms with van der Waals surface area (Å²) in [5.74, 6) is 0.0212. The monoisotopic (exact) mass is 427 g/mol. The first-order valence-electron chi connectivity index (χ1n) is 11.1. The molecule has 0 saturated carbocycles. The topological polar surface area (TPSA) is 48.1 Å². The molecule has 0 bridgehead atoms. The summed E-state index contributed by atoms with van der Waals surface area (Å²) in [6.45, 7) is 4.02. The number of hydrogen-bond donors (Lipinski definition) is 2. The Balaban J connectivity index is 1.38. The fraction of sp³-hybridized carbons (Fsp3) is 0.269. The molecule has 0 unspecified atom stereocenters. The van der Waals surface area contributed by atoms with Gasteiger partial charge in [0.05, 0.1) is 5.56 Å². The third-order valence-corrected chi connectivity index (χ3v) is 7.49. The predicted octanol–water partition coefficient (Wildman–Crippen LogP) is 5.79. The first kappa shape index (κ1) is 18.8. The number of likely N-dealkylation sites (tertiary alicyclic amines) is 1. The molecule has 31 heavy (non-hydrogen) atoms. The van der Waals surface area contributed by atoms with Crippen molar-refractivity contribution in [1.82, 2.24) is 15.2 Å². The summed E-state index contributed by atoms with van der Waals surface area (Å²) in [6, 6.07) is 17.3. The van der Waals surface area contributed by atoms with Crippen molar-refractivity contribution >= 4 is 28.1 Å². The number of amides is 1. The molecule has 4 heterocycles. The lowest BCUT2D eigenvalue weighted by molar-refractivity contribution is 0.0966. The highest BCUT2D eigenvalue weighted by atomic mass is 32.1. The van der Waals surface area contributed by atoms with Crippen LogP contribution in [0.2, 0.25) is 0 Å². The number of thiophene rings is 1. The Morgan fingerprint density at radius 2 is 1.84 bits per heavy atom. The van der Waals surface area contributed by atoms with Crippen molar-refractivity contribution in [3.05, 3.63) is 70.6 Å². The zero-order valence-corrected chi connectivity index (χ0v) is 18.2. The maximum atomic E-state index is 12.7. The van der Waals surface area contributed by atoms with Gasteiger partial charge in [0.25, 0.3) is 5.91 Å². The highest BCUT2D eigenvalue weighted by Crippen LogP contribution is 2.38. The van der Waals surface area contributed by atoms with Gasteiger partial charge < -0.3 is 10.3 Å². The molecule has 1 amide bonds. The molecule has 1 saturated heterocycles. The number of nitrogens with one attached hydrogen (secondary N) is 2. The molecule has 2 aromatic carbocycles. The number of aromatic nitrogens is 1. The van der Waals surface area contributed by atoms with E-state index in [4.69, 9.17) is 0 Å². The lowest BCUT2D eigenvalue weighted by Crippen LogP contribution is -2.28. The van der Waals surface area contributed by atoms with Crippen molar-refractivity contribution in [2.75, 3.05) is 13.1 Å². The van der Waals surface area contributed by atoms with Crippen molar-refractivity contribution in [2.45, 2.75) is 32.4 Å². The van der Waals surface area contributed by atoms with Gasteiger partial charge in [0.2, 0.25) is 0 Å². The van der Waals surface area contributed by atoms with Crippen LogP contribution in [0.4, 0.5) is 0 Å². The van der Waals surface area contributed by atoms with E-state index in [-0.39, 0.29) is 5.91 Å². The van der Waals surface area contributed by atoms with Crippen LogP contribution in [0.5, 0.6) is 0 Å². The molecule has 0 radical (unpaired) electrons. The standard InChI is InChI=1S/C26H25N3OS/c30-26-25-20(8-7-19(21(25)15-27-26)24-5-4-12-31-24)23-14-18-13-17(6-9-22(18)28-23)16-29-10-2-1-3-11-29/h4-9,12-14,28H,1-3,10-11,15-16H2,(H,27,30).